The topological polar surface area (TPSA) is 56.8 Å². The number of rotatable bonds is 4. The number of amides is 1. The fourth-order valence-corrected chi connectivity index (χ4v) is 4.76. The first-order chi connectivity index (χ1) is 13.1. The second kappa shape index (κ2) is 8.27. The summed E-state index contributed by atoms with van der Waals surface area (Å²) in [5.74, 6) is 0.139. The lowest BCUT2D eigenvalue weighted by atomic mass is 10.0. The van der Waals surface area contributed by atoms with E-state index in [2.05, 4.69) is 64.6 Å². The lowest BCUT2D eigenvalue weighted by Crippen LogP contribution is -2.70. The molecule has 0 radical (unpaired) electrons. The molecule has 0 spiro atoms. The molecule has 1 amide bonds. The number of carbonyl (C=O) groups is 1. The Morgan fingerprint density at radius 3 is 2.78 bits per heavy atom. The Labute approximate surface area is 162 Å². The van der Waals surface area contributed by atoms with Crippen LogP contribution >= 0.6 is 0 Å². The van der Waals surface area contributed by atoms with Gasteiger partial charge in [0.25, 0.3) is 0 Å². The highest BCUT2D eigenvalue weighted by Gasteiger charge is 2.40. The Balaban J connectivity index is 1.45. The Kier molecular flexibility index (Phi) is 5.78. The van der Waals surface area contributed by atoms with Gasteiger partial charge in [0.2, 0.25) is 5.91 Å². The van der Waals surface area contributed by atoms with Crippen molar-refractivity contribution in [1.29, 1.82) is 0 Å². The minimum atomic E-state index is -0.0854. The summed E-state index contributed by atoms with van der Waals surface area (Å²) in [6.45, 7) is 6.94. The molecule has 148 valence electrons. The Bertz CT molecular complexity index is 640. The molecule has 3 aliphatic heterocycles. The van der Waals surface area contributed by atoms with Crippen LogP contribution in [-0.2, 0) is 16.0 Å². The normalized spacial score (nSPS) is 35.9. The van der Waals surface area contributed by atoms with Crippen molar-refractivity contribution in [3.63, 3.8) is 0 Å². The summed E-state index contributed by atoms with van der Waals surface area (Å²) >= 11 is 0. The van der Waals surface area contributed by atoms with Crippen LogP contribution in [0.5, 0.6) is 0 Å². The van der Waals surface area contributed by atoms with Crippen LogP contribution in [-0.4, -0.2) is 66.0 Å². The lowest BCUT2D eigenvalue weighted by molar-refractivity contribution is -0.135. The van der Waals surface area contributed by atoms with Gasteiger partial charge in [-0.05, 0) is 38.7 Å². The minimum absolute atomic E-state index is 0.0723. The molecule has 5 atom stereocenters. The van der Waals surface area contributed by atoms with Gasteiger partial charge < -0.3 is 10.1 Å². The zero-order chi connectivity index (χ0) is 18.8. The van der Waals surface area contributed by atoms with Crippen LogP contribution in [0.2, 0.25) is 0 Å². The number of carbonyl (C=O) groups excluding carboxylic acids is 1. The summed E-state index contributed by atoms with van der Waals surface area (Å²) in [6, 6.07) is 11.4. The highest BCUT2D eigenvalue weighted by atomic mass is 16.5. The molecule has 3 aliphatic rings. The molecule has 2 N–H and O–H groups in total. The van der Waals surface area contributed by atoms with Gasteiger partial charge in [0.15, 0.2) is 0 Å². The van der Waals surface area contributed by atoms with Crippen LogP contribution in [0.15, 0.2) is 30.3 Å². The average Bonchev–Trinajstić information content (AvgIpc) is 3.12. The SMILES string of the molecule is CC1OCCN(C2CC(=O)NC(N3CCCC3Cc3ccccc3)N2)C1C. The second-order valence-corrected chi connectivity index (χ2v) is 8.13. The third-order valence-corrected chi connectivity index (χ3v) is 6.43. The largest absolute Gasteiger partial charge is 0.376 e. The van der Waals surface area contributed by atoms with Gasteiger partial charge >= 0.3 is 0 Å². The van der Waals surface area contributed by atoms with Crippen LogP contribution in [0.25, 0.3) is 0 Å². The molecule has 27 heavy (non-hydrogen) atoms. The highest BCUT2D eigenvalue weighted by Crippen LogP contribution is 2.25. The lowest BCUT2D eigenvalue weighted by Gasteiger charge is -2.47. The summed E-state index contributed by atoms with van der Waals surface area (Å²) in [4.78, 5) is 17.4. The average molecular weight is 373 g/mol. The molecule has 5 unspecified atom stereocenters. The molecular formula is C21H32N4O2. The fourth-order valence-electron chi connectivity index (χ4n) is 4.76. The van der Waals surface area contributed by atoms with Crippen molar-refractivity contribution in [3.8, 4) is 0 Å². The van der Waals surface area contributed by atoms with E-state index in [-0.39, 0.29) is 24.5 Å². The molecule has 0 bridgehead atoms. The number of ether oxygens (including phenoxy) is 1. The molecule has 1 aromatic carbocycles. The van der Waals surface area contributed by atoms with E-state index in [1.54, 1.807) is 0 Å². The molecule has 0 saturated carbocycles. The zero-order valence-corrected chi connectivity index (χ0v) is 16.4. The van der Waals surface area contributed by atoms with Gasteiger partial charge in [-0.1, -0.05) is 30.3 Å². The summed E-state index contributed by atoms with van der Waals surface area (Å²) < 4.78 is 5.77. The van der Waals surface area contributed by atoms with Crippen molar-refractivity contribution >= 4 is 5.91 Å². The van der Waals surface area contributed by atoms with Crippen molar-refractivity contribution in [2.24, 2.45) is 0 Å². The number of hydrogen-bond acceptors (Lipinski definition) is 5. The minimum Gasteiger partial charge on any atom is -0.376 e. The van der Waals surface area contributed by atoms with E-state index < -0.39 is 0 Å². The molecule has 4 rings (SSSR count). The van der Waals surface area contributed by atoms with E-state index in [0.29, 0.717) is 18.5 Å². The monoisotopic (exact) mass is 372 g/mol. The Morgan fingerprint density at radius 2 is 1.96 bits per heavy atom. The molecule has 3 heterocycles. The van der Waals surface area contributed by atoms with E-state index >= 15 is 0 Å². The number of nitrogens with zero attached hydrogens (tertiary/aromatic N) is 2. The number of hydrogen-bond donors (Lipinski definition) is 2. The van der Waals surface area contributed by atoms with E-state index in [1.807, 2.05) is 0 Å². The predicted octanol–water partition coefficient (Wildman–Crippen LogP) is 1.52. The molecule has 0 aromatic heterocycles. The maximum atomic E-state index is 12.5. The molecule has 3 fully saturated rings. The van der Waals surface area contributed by atoms with Crippen molar-refractivity contribution in [2.45, 2.75) is 70.2 Å². The van der Waals surface area contributed by atoms with E-state index in [0.717, 1.165) is 26.1 Å². The van der Waals surface area contributed by atoms with Crippen LogP contribution in [0.1, 0.15) is 38.7 Å². The maximum absolute atomic E-state index is 12.5. The van der Waals surface area contributed by atoms with Gasteiger partial charge in [-0.2, -0.15) is 0 Å². The van der Waals surface area contributed by atoms with Crippen molar-refractivity contribution in [2.75, 3.05) is 19.7 Å². The predicted molar refractivity (Wildman–Crippen MR) is 105 cm³/mol. The van der Waals surface area contributed by atoms with Crippen LogP contribution in [0, 0.1) is 0 Å². The van der Waals surface area contributed by atoms with Crippen molar-refractivity contribution in [3.05, 3.63) is 35.9 Å². The first-order valence-electron chi connectivity index (χ1n) is 10.3. The Hall–Kier alpha value is -1.47. The fraction of sp³-hybridized carbons (Fsp3) is 0.667. The zero-order valence-electron chi connectivity index (χ0n) is 16.4. The summed E-state index contributed by atoms with van der Waals surface area (Å²) in [6.07, 6.45) is 4.08. The van der Waals surface area contributed by atoms with Gasteiger partial charge in [0.1, 0.15) is 6.29 Å². The highest BCUT2D eigenvalue weighted by molar-refractivity contribution is 5.77. The summed E-state index contributed by atoms with van der Waals surface area (Å²) in [5.41, 5.74) is 1.36. The maximum Gasteiger partial charge on any atom is 0.225 e. The number of likely N-dealkylation sites (tertiary alicyclic amines) is 1. The summed E-state index contributed by atoms with van der Waals surface area (Å²) in [7, 11) is 0. The summed E-state index contributed by atoms with van der Waals surface area (Å²) in [5, 5.41) is 6.91. The number of benzene rings is 1. The first kappa shape index (κ1) is 18.9. The van der Waals surface area contributed by atoms with Gasteiger partial charge in [-0.15, -0.1) is 0 Å². The van der Waals surface area contributed by atoms with E-state index in [9.17, 15) is 4.79 Å². The molecular weight excluding hydrogens is 340 g/mol. The van der Waals surface area contributed by atoms with Gasteiger partial charge in [0.05, 0.1) is 25.3 Å². The van der Waals surface area contributed by atoms with Crippen LogP contribution < -0.4 is 10.6 Å². The number of nitrogens with one attached hydrogen (secondary N) is 2. The van der Waals surface area contributed by atoms with Gasteiger partial charge in [-0.25, -0.2) is 0 Å². The Morgan fingerprint density at radius 1 is 1.15 bits per heavy atom. The molecule has 6 heteroatoms. The van der Waals surface area contributed by atoms with Gasteiger partial charge in [0, 0.05) is 25.2 Å². The van der Waals surface area contributed by atoms with Crippen LogP contribution in [0.3, 0.4) is 0 Å². The second-order valence-electron chi connectivity index (χ2n) is 8.13. The van der Waals surface area contributed by atoms with Crippen LogP contribution in [0.4, 0.5) is 0 Å². The first-order valence-corrected chi connectivity index (χ1v) is 10.3. The molecule has 3 saturated heterocycles. The third-order valence-electron chi connectivity index (χ3n) is 6.43. The van der Waals surface area contributed by atoms with Crippen molar-refractivity contribution in [1.82, 2.24) is 20.4 Å². The molecule has 1 aromatic rings. The smallest absolute Gasteiger partial charge is 0.225 e. The van der Waals surface area contributed by atoms with E-state index in [1.165, 1.54) is 18.4 Å². The molecule has 6 nitrogen and oxygen atoms in total. The third kappa shape index (κ3) is 4.19. The van der Waals surface area contributed by atoms with Gasteiger partial charge in [-0.3, -0.25) is 19.9 Å². The molecule has 0 aliphatic carbocycles. The standard InChI is InChI=1S/C21H32N4O2/c1-15-16(2)27-12-11-24(15)19-14-20(26)23-21(22-19)25-10-6-9-18(25)13-17-7-4-3-5-8-17/h3-5,7-8,15-16,18-19,21-22H,6,9-14H2,1-2H3,(H,23,26). The van der Waals surface area contributed by atoms with Crippen molar-refractivity contribution < 1.29 is 9.53 Å². The number of morpholine rings is 1. The quantitative estimate of drug-likeness (QED) is 0.839. The van der Waals surface area contributed by atoms with E-state index in [4.69, 9.17) is 4.74 Å².